The SMILES string of the molecule is CSC(C)c1ccc2c(c1)OCO2. The number of hydrogen-bond acceptors (Lipinski definition) is 3. The molecule has 0 N–H and O–H groups in total. The van der Waals surface area contributed by atoms with Gasteiger partial charge in [-0.1, -0.05) is 6.07 Å². The van der Waals surface area contributed by atoms with Gasteiger partial charge in [-0.25, -0.2) is 0 Å². The van der Waals surface area contributed by atoms with Crippen LogP contribution in [0.15, 0.2) is 18.2 Å². The van der Waals surface area contributed by atoms with Crippen LogP contribution in [0.4, 0.5) is 0 Å². The molecule has 0 aliphatic carbocycles. The van der Waals surface area contributed by atoms with E-state index < -0.39 is 0 Å². The van der Waals surface area contributed by atoms with Gasteiger partial charge in [0.05, 0.1) is 0 Å². The van der Waals surface area contributed by atoms with Crippen molar-refractivity contribution in [2.24, 2.45) is 0 Å². The van der Waals surface area contributed by atoms with Gasteiger partial charge in [-0.05, 0) is 30.9 Å². The first-order valence-corrected chi connectivity index (χ1v) is 5.52. The summed E-state index contributed by atoms with van der Waals surface area (Å²) in [6.07, 6.45) is 2.11. The molecule has 1 aliphatic heterocycles. The highest BCUT2D eigenvalue weighted by Gasteiger charge is 2.14. The first-order valence-electron chi connectivity index (χ1n) is 4.23. The highest BCUT2D eigenvalue weighted by molar-refractivity contribution is 7.98. The summed E-state index contributed by atoms with van der Waals surface area (Å²) in [5, 5.41) is 0.509. The van der Waals surface area contributed by atoms with Gasteiger partial charge in [-0.3, -0.25) is 0 Å². The van der Waals surface area contributed by atoms with Gasteiger partial charge in [0.2, 0.25) is 6.79 Å². The number of thioether (sulfide) groups is 1. The Kier molecular flexibility index (Phi) is 2.36. The van der Waals surface area contributed by atoms with E-state index >= 15 is 0 Å². The Labute approximate surface area is 82.2 Å². The largest absolute Gasteiger partial charge is 0.454 e. The molecule has 1 aliphatic rings. The summed E-state index contributed by atoms with van der Waals surface area (Å²) < 4.78 is 10.5. The van der Waals surface area contributed by atoms with Gasteiger partial charge >= 0.3 is 0 Å². The zero-order valence-corrected chi connectivity index (χ0v) is 8.56. The van der Waals surface area contributed by atoms with Crippen molar-refractivity contribution in [3.05, 3.63) is 23.8 Å². The molecule has 1 heterocycles. The molecule has 1 unspecified atom stereocenters. The van der Waals surface area contributed by atoms with Crippen LogP contribution >= 0.6 is 11.8 Å². The minimum Gasteiger partial charge on any atom is -0.454 e. The van der Waals surface area contributed by atoms with Crippen LogP contribution < -0.4 is 9.47 Å². The Hall–Kier alpha value is -0.830. The van der Waals surface area contributed by atoms with Crippen molar-refractivity contribution in [1.29, 1.82) is 0 Å². The van der Waals surface area contributed by atoms with E-state index in [0.717, 1.165) is 11.5 Å². The monoisotopic (exact) mass is 196 g/mol. The first kappa shape index (κ1) is 8.75. The Morgan fingerprint density at radius 2 is 2.08 bits per heavy atom. The fourth-order valence-electron chi connectivity index (χ4n) is 1.30. The van der Waals surface area contributed by atoms with E-state index in [-0.39, 0.29) is 0 Å². The molecule has 13 heavy (non-hydrogen) atoms. The lowest BCUT2D eigenvalue weighted by Crippen LogP contribution is -1.93. The molecule has 70 valence electrons. The normalized spacial score (nSPS) is 15.8. The van der Waals surface area contributed by atoms with Crippen molar-refractivity contribution in [2.45, 2.75) is 12.2 Å². The van der Waals surface area contributed by atoms with Gasteiger partial charge in [0.25, 0.3) is 0 Å². The number of fused-ring (bicyclic) bond motifs is 1. The Morgan fingerprint density at radius 3 is 2.85 bits per heavy atom. The van der Waals surface area contributed by atoms with Crippen LogP contribution in [0, 0.1) is 0 Å². The maximum absolute atomic E-state index is 5.30. The maximum atomic E-state index is 5.30. The van der Waals surface area contributed by atoms with Crippen LogP contribution in [0.25, 0.3) is 0 Å². The maximum Gasteiger partial charge on any atom is 0.231 e. The van der Waals surface area contributed by atoms with E-state index in [1.54, 1.807) is 0 Å². The van der Waals surface area contributed by atoms with Crippen LogP contribution in [0.1, 0.15) is 17.7 Å². The van der Waals surface area contributed by atoms with Gasteiger partial charge in [-0.2, -0.15) is 11.8 Å². The van der Waals surface area contributed by atoms with Crippen molar-refractivity contribution in [3.63, 3.8) is 0 Å². The molecule has 0 bridgehead atoms. The van der Waals surface area contributed by atoms with E-state index in [1.807, 2.05) is 17.8 Å². The molecular weight excluding hydrogens is 184 g/mol. The minimum atomic E-state index is 0.354. The molecule has 1 aromatic rings. The quantitative estimate of drug-likeness (QED) is 0.724. The molecule has 0 spiro atoms. The fourth-order valence-corrected chi connectivity index (χ4v) is 1.72. The molecule has 0 aromatic heterocycles. The molecule has 0 amide bonds. The second kappa shape index (κ2) is 3.50. The van der Waals surface area contributed by atoms with Gasteiger partial charge in [-0.15, -0.1) is 0 Å². The Morgan fingerprint density at radius 1 is 1.31 bits per heavy atom. The van der Waals surface area contributed by atoms with Crippen molar-refractivity contribution in [2.75, 3.05) is 13.0 Å². The molecule has 0 fully saturated rings. The number of rotatable bonds is 2. The number of hydrogen-bond donors (Lipinski definition) is 0. The summed E-state index contributed by atoms with van der Waals surface area (Å²) in [6, 6.07) is 6.13. The summed E-state index contributed by atoms with van der Waals surface area (Å²) in [7, 11) is 0. The van der Waals surface area contributed by atoms with E-state index in [4.69, 9.17) is 9.47 Å². The van der Waals surface area contributed by atoms with Gasteiger partial charge in [0, 0.05) is 5.25 Å². The second-order valence-corrected chi connectivity index (χ2v) is 4.17. The highest BCUT2D eigenvalue weighted by Crippen LogP contribution is 2.36. The molecule has 1 aromatic carbocycles. The molecular formula is C10H12O2S. The summed E-state index contributed by atoms with van der Waals surface area (Å²) in [5.41, 5.74) is 1.29. The summed E-state index contributed by atoms with van der Waals surface area (Å²) in [6.45, 7) is 2.54. The molecule has 0 radical (unpaired) electrons. The molecule has 0 saturated heterocycles. The lowest BCUT2D eigenvalue weighted by Gasteiger charge is -2.08. The second-order valence-electron chi connectivity index (χ2n) is 2.99. The van der Waals surface area contributed by atoms with E-state index in [1.165, 1.54) is 5.56 Å². The minimum absolute atomic E-state index is 0.354. The molecule has 2 nitrogen and oxygen atoms in total. The third-order valence-corrected chi connectivity index (χ3v) is 3.20. The lowest BCUT2D eigenvalue weighted by molar-refractivity contribution is 0.174. The van der Waals surface area contributed by atoms with Crippen molar-refractivity contribution in [3.8, 4) is 11.5 Å². The molecule has 2 rings (SSSR count). The topological polar surface area (TPSA) is 18.5 Å². The first-order chi connectivity index (χ1) is 6.31. The molecule has 3 heteroatoms. The van der Waals surface area contributed by atoms with Crippen molar-refractivity contribution in [1.82, 2.24) is 0 Å². The highest BCUT2D eigenvalue weighted by atomic mass is 32.2. The third kappa shape index (κ3) is 1.61. The Bertz CT molecular complexity index is 312. The van der Waals surface area contributed by atoms with E-state index in [0.29, 0.717) is 12.0 Å². The summed E-state index contributed by atoms with van der Waals surface area (Å²) in [4.78, 5) is 0. The third-order valence-electron chi connectivity index (χ3n) is 2.22. The lowest BCUT2D eigenvalue weighted by atomic mass is 10.1. The number of ether oxygens (including phenoxy) is 2. The van der Waals surface area contributed by atoms with Crippen LogP contribution in [0.3, 0.4) is 0 Å². The van der Waals surface area contributed by atoms with E-state index in [2.05, 4.69) is 25.3 Å². The average Bonchev–Trinajstić information content (AvgIpc) is 2.63. The predicted octanol–water partition coefficient (Wildman–Crippen LogP) is 2.84. The van der Waals surface area contributed by atoms with Crippen LogP contribution in [-0.2, 0) is 0 Å². The molecule has 1 atom stereocenters. The zero-order chi connectivity index (χ0) is 9.26. The van der Waals surface area contributed by atoms with Gasteiger partial charge < -0.3 is 9.47 Å². The fraction of sp³-hybridized carbons (Fsp3) is 0.400. The van der Waals surface area contributed by atoms with Crippen LogP contribution in [-0.4, -0.2) is 13.0 Å². The van der Waals surface area contributed by atoms with Gasteiger partial charge in [0.15, 0.2) is 11.5 Å². The van der Waals surface area contributed by atoms with Crippen molar-refractivity contribution < 1.29 is 9.47 Å². The van der Waals surface area contributed by atoms with Crippen molar-refractivity contribution >= 4 is 11.8 Å². The van der Waals surface area contributed by atoms with Gasteiger partial charge in [0.1, 0.15) is 0 Å². The van der Waals surface area contributed by atoms with Crippen LogP contribution in [0.2, 0.25) is 0 Å². The van der Waals surface area contributed by atoms with Crippen LogP contribution in [0.5, 0.6) is 11.5 Å². The number of benzene rings is 1. The average molecular weight is 196 g/mol. The van der Waals surface area contributed by atoms with E-state index in [9.17, 15) is 0 Å². The standard InChI is InChI=1S/C10H12O2S/c1-7(13-2)8-3-4-9-10(5-8)12-6-11-9/h3-5,7H,6H2,1-2H3. The predicted molar refractivity (Wildman–Crippen MR) is 54.5 cm³/mol. The zero-order valence-electron chi connectivity index (χ0n) is 7.74. The smallest absolute Gasteiger partial charge is 0.231 e. The molecule has 0 saturated carbocycles. The Balaban J connectivity index is 2.30. The summed E-state index contributed by atoms with van der Waals surface area (Å²) >= 11 is 1.83. The summed E-state index contributed by atoms with van der Waals surface area (Å²) in [5.74, 6) is 1.73.